The second kappa shape index (κ2) is 3.74. The van der Waals surface area contributed by atoms with Gasteiger partial charge >= 0.3 is 0 Å². The topological polar surface area (TPSA) is 43.8 Å². The lowest BCUT2D eigenvalue weighted by Gasteiger charge is -1.92. The molecule has 1 rings (SSSR count). The molecule has 4 heteroatoms. The van der Waals surface area contributed by atoms with Crippen LogP contribution < -0.4 is 5.73 Å². The molecule has 0 aliphatic heterocycles. The lowest BCUT2D eigenvalue weighted by molar-refractivity contribution is 0.723. The number of aromatic nitrogens is 2. The van der Waals surface area contributed by atoms with Gasteiger partial charge in [-0.25, -0.2) is 0 Å². The number of hydrogen-bond donors (Lipinski definition) is 1. The van der Waals surface area contributed by atoms with Crippen molar-refractivity contribution >= 4 is 11.6 Å². The molecule has 2 N–H and O–H groups in total. The van der Waals surface area contributed by atoms with Gasteiger partial charge in [0.1, 0.15) is 0 Å². The molecule has 0 spiro atoms. The fourth-order valence-corrected chi connectivity index (χ4v) is 1.22. The lowest BCUT2D eigenvalue weighted by atomic mass is 10.2. The quantitative estimate of drug-likeness (QED) is 0.740. The van der Waals surface area contributed by atoms with Gasteiger partial charge in [0, 0.05) is 13.2 Å². The third kappa shape index (κ3) is 2.20. The lowest BCUT2D eigenvalue weighted by Crippen LogP contribution is -2.01. The minimum Gasteiger partial charge on any atom is -0.330 e. The molecule has 0 aliphatic rings. The van der Waals surface area contributed by atoms with Gasteiger partial charge in [0.2, 0.25) is 0 Å². The first-order valence-electron chi connectivity index (χ1n) is 3.62. The fraction of sp³-hybridized carbons (Fsp3) is 0.571. The third-order valence-corrected chi connectivity index (χ3v) is 1.79. The zero-order valence-electron chi connectivity index (χ0n) is 6.55. The van der Waals surface area contributed by atoms with Crippen molar-refractivity contribution in [3.05, 3.63) is 16.9 Å². The van der Waals surface area contributed by atoms with Crippen LogP contribution in [-0.2, 0) is 13.5 Å². The summed E-state index contributed by atoms with van der Waals surface area (Å²) < 4.78 is 1.72. The third-order valence-electron chi connectivity index (χ3n) is 1.47. The first kappa shape index (κ1) is 8.56. The van der Waals surface area contributed by atoms with Crippen LogP contribution in [0.1, 0.15) is 12.1 Å². The summed E-state index contributed by atoms with van der Waals surface area (Å²) >= 11 is 5.86. The number of rotatable bonds is 3. The summed E-state index contributed by atoms with van der Waals surface area (Å²) in [5, 5.41) is 4.91. The van der Waals surface area contributed by atoms with Gasteiger partial charge in [-0.05, 0) is 19.4 Å². The van der Waals surface area contributed by atoms with Gasteiger partial charge in [0.15, 0.2) is 0 Å². The normalized spacial score (nSPS) is 10.5. The maximum atomic E-state index is 5.86. The smallest absolute Gasteiger partial charge is 0.0817 e. The molecule has 0 aromatic carbocycles. The van der Waals surface area contributed by atoms with Gasteiger partial charge < -0.3 is 5.73 Å². The van der Waals surface area contributed by atoms with E-state index >= 15 is 0 Å². The predicted octanol–water partition coefficient (Wildman–Crippen LogP) is 0.965. The monoisotopic (exact) mass is 173 g/mol. The molecule has 0 bridgehead atoms. The maximum Gasteiger partial charge on any atom is 0.0817 e. The average molecular weight is 174 g/mol. The van der Waals surface area contributed by atoms with E-state index in [9.17, 15) is 0 Å². The van der Waals surface area contributed by atoms with Crippen molar-refractivity contribution in [3.8, 4) is 0 Å². The van der Waals surface area contributed by atoms with Crippen LogP contribution in [0.2, 0.25) is 5.02 Å². The van der Waals surface area contributed by atoms with Gasteiger partial charge in [-0.2, -0.15) is 5.10 Å². The fourth-order valence-electron chi connectivity index (χ4n) is 0.945. The number of hydrogen-bond acceptors (Lipinski definition) is 2. The Hall–Kier alpha value is -0.540. The first-order chi connectivity index (χ1) is 5.24. The highest BCUT2D eigenvalue weighted by atomic mass is 35.5. The molecule has 62 valence electrons. The molecule has 1 aromatic rings. The Balaban J connectivity index is 2.62. The Kier molecular flexibility index (Phi) is 2.91. The Morgan fingerprint density at radius 3 is 2.91 bits per heavy atom. The van der Waals surface area contributed by atoms with E-state index in [1.54, 1.807) is 10.9 Å². The number of nitrogens with zero attached hydrogens (tertiary/aromatic N) is 2. The molecule has 0 saturated heterocycles. The van der Waals surface area contributed by atoms with Gasteiger partial charge in [-0.1, -0.05) is 11.6 Å². The van der Waals surface area contributed by atoms with Crippen molar-refractivity contribution in [1.29, 1.82) is 0 Å². The van der Waals surface area contributed by atoms with Gasteiger partial charge in [0.05, 0.1) is 10.7 Å². The highest BCUT2D eigenvalue weighted by Gasteiger charge is 2.03. The number of nitrogens with two attached hydrogens (primary N) is 1. The van der Waals surface area contributed by atoms with E-state index in [-0.39, 0.29) is 0 Å². The standard InChI is InChI=1S/C7H12ClN3/c1-11-5-6(8)7(10-11)3-2-4-9/h5H,2-4,9H2,1H3. The zero-order valence-corrected chi connectivity index (χ0v) is 7.30. The minimum absolute atomic E-state index is 0.687. The van der Waals surface area contributed by atoms with E-state index in [0.717, 1.165) is 23.6 Å². The molecule has 0 fully saturated rings. The van der Waals surface area contributed by atoms with Crippen molar-refractivity contribution < 1.29 is 0 Å². The van der Waals surface area contributed by atoms with Crippen LogP contribution in [-0.4, -0.2) is 16.3 Å². The summed E-state index contributed by atoms with van der Waals surface area (Å²) in [4.78, 5) is 0. The molecule has 0 unspecified atom stereocenters. The van der Waals surface area contributed by atoms with Crippen LogP contribution in [0.25, 0.3) is 0 Å². The van der Waals surface area contributed by atoms with Crippen molar-refractivity contribution in [2.45, 2.75) is 12.8 Å². The molecule has 1 heterocycles. The first-order valence-corrected chi connectivity index (χ1v) is 4.00. The average Bonchev–Trinajstić information content (AvgIpc) is 2.26. The number of halogens is 1. The largest absolute Gasteiger partial charge is 0.330 e. The van der Waals surface area contributed by atoms with Crippen LogP contribution in [0.5, 0.6) is 0 Å². The van der Waals surface area contributed by atoms with E-state index < -0.39 is 0 Å². The summed E-state index contributed by atoms with van der Waals surface area (Å²) in [6.07, 6.45) is 3.61. The molecule has 3 nitrogen and oxygen atoms in total. The summed E-state index contributed by atoms with van der Waals surface area (Å²) in [5.41, 5.74) is 6.30. The van der Waals surface area contributed by atoms with E-state index in [1.165, 1.54) is 0 Å². The van der Waals surface area contributed by atoms with Gasteiger partial charge in [0.25, 0.3) is 0 Å². The second-order valence-electron chi connectivity index (χ2n) is 2.49. The highest BCUT2D eigenvalue weighted by Crippen LogP contribution is 2.14. The van der Waals surface area contributed by atoms with Crippen molar-refractivity contribution in [2.24, 2.45) is 12.8 Å². The van der Waals surface area contributed by atoms with Gasteiger partial charge in [-0.3, -0.25) is 4.68 Å². The van der Waals surface area contributed by atoms with Crippen LogP contribution in [0, 0.1) is 0 Å². The van der Waals surface area contributed by atoms with E-state index in [0.29, 0.717) is 6.54 Å². The van der Waals surface area contributed by atoms with E-state index in [4.69, 9.17) is 17.3 Å². The molecule has 11 heavy (non-hydrogen) atoms. The van der Waals surface area contributed by atoms with E-state index in [2.05, 4.69) is 5.10 Å². The Morgan fingerprint density at radius 2 is 2.45 bits per heavy atom. The van der Waals surface area contributed by atoms with Crippen LogP contribution in [0.4, 0.5) is 0 Å². The SMILES string of the molecule is Cn1cc(Cl)c(CCCN)n1. The summed E-state index contributed by atoms with van der Waals surface area (Å²) in [5.74, 6) is 0. The molecule has 0 saturated carbocycles. The Morgan fingerprint density at radius 1 is 1.73 bits per heavy atom. The second-order valence-corrected chi connectivity index (χ2v) is 2.90. The van der Waals surface area contributed by atoms with Crippen LogP contribution >= 0.6 is 11.6 Å². The Labute approximate surface area is 71.1 Å². The number of aryl methyl sites for hydroxylation is 2. The molecule has 0 amide bonds. The maximum absolute atomic E-state index is 5.86. The molecule has 0 aliphatic carbocycles. The van der Waals surface area contributed by atoms with Crippen molar-refractivity contribution in [3.63, 3.8) is 0 Å². The van der Waals surface area contributed by atoms with Gasteiger partial charge in [-0.15, -0.1) is 0 Å². The molecule has 1 aromatic heterocycles. The Bertz CT molecular complexity index is 232. The molecular formula is C7H12ClN3. The zero-order chi connectivity index (χ0) is 8.27. The summed E-state index contributed by atoms with van der Waals surface area (Å²) in [6, 6.07) is 0. The molecule has 0 atom stereocenters. The summed E-state index contributed by atoms with van der Waals surface area (Å²) in [7, 11) is 1.86. The van der Waals surface area contributed by atoms with Crippen molar-refractivity contribution in [1.82, 2.24) is 9.78 Å². The summed E-state index contributed by atoms with van der Waals surface area (Å²) in [6.45, 7) is 0.687. The predicted molar refractivity (Wildman–Crippen MR) is 45.6 cm³/mol. The van der Waals surface area contributed by atoms with Crippen LogP contribution in [0.15, 0.2) is 6.20 Å². The minimum atomic E-state index is 0.687. The molecular weight excluding hydrogens is 162 g/mol. The van der Waals surface area contributed by atoms with E-state index in [1.807, 2.05) is 7.05 Å². The highest BCUT2D eigenvalue weighted by molar-refractivity contribution is 6.31. The molecule has 0 radical (unpaired) electrons. The van der Waals surface area contributed by atoms with Crippen LogP contribution in [0.3, 0.4) is 0 Å². The van der Waals surface area contributed by atoms with Crippen molar-refractivity contribution in [2.75, 3.05) is 6.54 Å².